The van der Waals surface area contributed by atoms with Gasteiger partial charge in [-0.1, -0.05) is 0 Å². The average molecular weight is 277 g/mol. The maximum Gasteiger partial charge on any atom is 0.300 e. The van der Waals surface area contributed by atoms with Crippen LogP contribution in [0.5, 0.6) is 0 Å². The quantitative estimate of drug-likeness (QED) is 0.575. The summed E-state index contributed by atoms with van der Waals surface area (Å²) in [6.45, 7) is 0.503. The topological polar surface area (TPSA) is 107 Å². The number of thiazole rings is 1. The number of benzene rings is 1. The molecule has 3 aromatic rings. The zero-order valence-corrected chi connectivity index (χ0v) is 10.3. The molecule has 1 aromatic carbocycles. The number of hydrogen-bond donors (Lipinski definition) is 1. The van der Waals surface area contributed by atoms with E-state index in [1.807, 2.05) is 5.38 Å². The maximum atomic E-state index is 10.8. The normalized spacial score (nSPS) is 10.7. The summed E-state index contributed by atoms with van der Waals surface area (Å²) in [5, 5.41) is 23.1. The van der Waals surface area contributed by atoms with E-state index in [9.17, 15) is 10.1 Å². The van der Waals surface area contributed by atoms with Crippen LogP contribution in [-0.4, -0.2) is 20.2 Å². The minimum Gasteiger partial charge on any atom is -0.377 e. The van der Waals surface area contributed by atoms with E-state index in [-0.39, 0.29) is 11.2 Å². The van der Waals surface area contributed by atoms with Crippen molar-refractivity contribution in [2.45, 2.75) is 6.54 Å². The maximum absolute atomic E-state index is 10.8. The summed E-state index contributed by atoms with van der Waals surface area (Å²) in [6.07, 6.45) is 0. The standard InChI is InChI=1S/C10H7N5O3S/c16-15(17)8-2-1-7(9-10(8)14-18-13-9)11-3-6-4-19-5-12-6/h1-2,4-5,11H,3H2. The van der Waals surface area contributed by atoms with Crippen molar-refractivity contribution >= 4 is 33.7 Å². The van der Waals surface area contributed by atoms with Crippen molar-refractivity contribution in [2.75, 3.05) is 5.32 Å². The van der Waals surface area contributed by atoms with E-state index in [0.29, 0.717) is 17.7 Å². The Hall–Kier alpha value is -2.55. The Balaban J connectivity index is 1.94. The molecule has 2 aromatic heterocycles. The third-order valence-electron chi connectivity index (χ3n) is 2.53. The van der Waals surface area contributed by atoms with E-state index in [1.54, 1.807) is 11.6 Å². The van der Waals surface area contributed by atoms with E-state index in [0.717, 1.165) is 5.69 Å². The van der Waals surface area contributed by atoms with Crippen molar-refractivity contribution in [3.8, 4) is 0 Å². The van der Waals surface area contributed by atoms with Crippen LogP contribution in [0, 0.1) is 10.1 Å². The number of nitro benzene ring substituents is 1. The molecule has 0 bridgehead atoms. The van der Waals surface area contributed by atoms with E-state index < -0.39 is 4.92 Å². The molecule has 0 fully saturated rings. The lowest BCUT2D eigenvalue weighted by molar-refractivity contribution is -0.383. The molecule has 2 heterocycles. The van der Waals surface area contributed by atoms with Crippen molar-refractivity contribution in [3.05, 3.63) is 38.8 Å². The summed E-state index contributed by atoms with van der Waals surface area (Å²) in [4.78, 5) is 14.5. The first-order chi connectivity index (χ1) is 9.25. The summed E-state index contributed by atoms with van der Waals surface area (Å²) in [6, 6.07) is 2.95. The highest BCUT2D eigenvalue weighted by Crippen LogP contribution is 2.28. The number of nitro groups is 1. The van der Waals surface area contributed by atoms with Crippen molar-refractivity contribution in [1.82, 2.24) is 15.3 Å². The Morgan fingerprint density at radius 2 is 2.21 bits per heavy atom. The summed E-state index contributed by atoms with van der Waals surface area (Å²) in [7, 11) is 0. The predicted octanol–water partition coefficient (Wildman–Crippen LogP) is 2.20. The first-order valence-electron chi connectivity index (χ1n) is 5.26. The number of non-ortho nitro benzene ring substituents is 1. The van der Waals surface area contributed by atoms with Crippen LogP contribution < -0.4 is 5.32 Å². The van der Waals surface area contributed by atoms with Crippen LogP contribution in [0.2, 0.25) is 0 Å². The predicted molar refractivity (Wildman–Crippen MR) is 67.9 cm³/mol. The molecule has 0 amide bonds. The van der Waals surface area contributed by atoms with Gasteiger partial charge in [0.2, 0.25) is 5.52 Å². The van der Waals surface area contributed by atoms with Crippen molar-refractivity contribution in [2.24, 2.45) is 0 Å². The molecule has 0 aliphatic rings. The molecule has 0 radical (unpaired) electrons. The number of anilines is 1. The van der Waals surface area contributed by atoms with Gasteiger partial charge in [-0.25, -0.2) is 9.61 Å². The molecule has 0 aliphatic heterocycles. The Bertz CT molecular complexity index is 724. The first kappa shape index (κ1) is 11.5. The molecular weight excluding hydrogens is 270 g/mol. The van der Waals surface area contributed by atoms with Gasteiger partial charge in [-0.2, -0.15) is 0 Å². The van der Waals surface area contributed by atoms with Crippen LogP contribution in [0.3, 0.4) is 0 Å². The first-order valence-corrected chi connectivity index (χ1v) is 6.20. The number of fused-ring (bicyclic) bond motifs is 1. The third kappa shape index (κ3) is 2.10. The molecule has 0 atom stereocenters. The van der Waals surface area contributed by atoms with Gasteiger partial charge >= 0.3 is 5.69 Å². The van der Waals surface area contributed by atoms with Crippen LogP contribution in [-0.2, 0) is 6.54 Å². The molecule has 0 saturated carbocycles. The average Bonchev–Trinajstić information content (AvgIpc) is 3.06. The highest BCUT2D eigenvalue weighted by Gasteiger charge is 2.19. The lowest BCUT2D eigenvalue weighted by Gasteiger charge is -2.04. The van der Waals surface area contributed by atoms with Crippen LogP contribution in [0.4, 0.5) is 11.4 Å². The van der Waals surface area contributed by atoms with Crippen LogP contribution in [0.15, 0.2) is 27.7 Å². The molecule has 96 valence electrons. The highest BCUT2D eigenvalue weighted by molar-refractivity contribution is 7.07. The Kier molecular flexibility index (Phi) is 2.80. The number of aromatic nitrogens is 3. The van der Waals surface area contributed by atoms with Gasteiger partial charge in [0.15, 0.2) is 5.52 Å². The van der Waals surface area contributed by atoms with Crippen LogP contribution >= 0.6 is 11.3 Å². The molecule has 19 heavy (non-hydrogen) atoms. The molecule has 0 aliphatic carbocycles. The van der Waals surface area contributed by atoms with Crippen molar-refractivity contribution in [1.29, 1.82) is 0 Å². The number of nitrogens with zero attached hydrogens (tertiary/aromatic N) is 4. The number of rotatable bonds is 4. The summed E-state index contributed by atoms with van der Waals surface area (Å²) in [5.74, 6) is 0. The third-order valence-corrected chi connectivity index (χ3v) is 3.17. The van der Waals surface area contributed by atoms with Gasteiger partial charge in [-0.05, 0) is 16.4 Å². The molecule has 8 nitrogen and oxygen atoms in total. The number of nitrogens with one attached hydrogen (secondary N) is 1. The Morgan fingerprint density at radius 1 is 1.37 bits per heavy atom. The van der Waals surface area contributed by atoms with Gasteiger partial charge in [0.25, 0.3) is 0 Å². The SMILES string of the molecule is O=[N+]([O-])c1ccc(NCc2cscn2)c2nonc12. The molecule has 3 rings (SSSR count). The van der Waals surface area contributed by atoms with Crippen LogP contribution in [0.1, 0.15) is 5.69 Å². The van der Waals surface area contributed by atoms with Gasteiger partial charge in [-0.3, -0.25) is 10.1 Å². The lowest BCUT2D eigenvalue weighted by Crippen LogP contribution is -2.01. The van der Waals surface area contributed by atoms with Gasteiger partial charge in [0.05, 0.1) is 28.4 Å². The lowest BCUT2D eigenvalue weighted by atomic mass is 10.2. The summed E-state index contributed by atoms with van der Waals surface area (Å²) >= 11 is 1.50. The van der Waals surface area contributed by atoms with E-state index in [4.69, 9.17) is 0 Å². The fourth-order valence-electron chi connectivity index (χ4n) is 1.65. The molecular formula is C10H7N5O3S. The number of hydrogen-bond acceptors (Lipinski definition) is 8. The zero-order valence-electron chi connectivity index (χ0n) is 9.44. The smallest absolute Gasteiger partial charge is 0.300 e. The fourth-order valence-corrected chi connectivity index (χ4v) is 2.21. The summed E-state index contributed by atoms with van der Waals surface area (Å²) < 4.78 is 4.58. The molecule has 0 spiro atoms. The van der Waals surface area contributed by atoms with E-state index in [1.165, 1.54) is 17.4 Å². The fraction of sp³-hybridized carbons (Fsp3) is 0.100. The second-order valence-corrected chi connectivity index (χ2v) is 4.40. The van der Waals surface area contributed by atoms with Gasteiger partial charge < -0.3 is 5.32 Å². The molecule has 0 saturated heterocycles. The van der Waals surface area contributed by atoms with Gasteiger partial charge in [0.1, 0.15) is 0 Å². The van der Waals surface area contributed by atoms with Crippen LogP contribution in [0.25, 0.3) is 11.0 Å². The highest BCUT2D eigenvalue weighted by atomic mass is 32.1. The van der Waals surface area contributed by atoms with Gasteiger partial charge in [-0.15, -0.1) is 11.3 Å². The second-order valence-electron chi connectivity index (χ2n) is 3.68. The second kappa shape index (κ2) is 4.61. The van der Waals surface area contributed by atoms with Crippen molar-refractivity contribution < 1.29 is 9.55 Å². The zero-order chi connectivity index (χ0) is 13.2. The summed E-state index contributed by atoms with van der Waals surface area (Å²) in [5.41, 5.74) is 3.58. The monoisotopic (exact) mass is 277 g/mol. The molecule has 1 N–H and O–H groups in total. The van der Waals surface area contributed by atoms with Crippen molar-refractivity contribution in [3.63, 3.8) is 0 Å². The van der Waals surface area contributed by atoms with Gasteiger partial charge in [0, 0.05) is 11.4 Å². The molecule has 0 unspecified atom stereocenters. The minimum atomic E-state index is -0.517. The molecule has 9 heteroatoms. The van der Waals surface area contributed by atoms with E-state index in [2.05, 4.69) is 25.2 Å². The van der Waals surface area contributed by atoms with E-state index >= 15 is 0 Å². The Labute approximate surface area is 110 Å². The largest absolute Gasteiger partial charge is 0.377 e. The minimum absolute atomic E-state index is 0.129. The Morgan fingerprint density at radius 3 is 2.95 bits per heavy atom.